The van der Waals surface area contributed by atoms with E-state index >= 15 is 0 Å². The number of carbonyl (C=O) groups is 1. The van der Waals surface area contributed by atoms with Crippen molar-refractivity contribution in [3.63, 3.8) is 0 Å². The van der Waals surface area contributed by atoms with Crippen LogP contribution < -0.4 is 10.9 Å². The summed E-state index contributed by atoms with van der Waals surface area (Å²) in [6.07, 6.45) is 2.49. The van der Waals surface area contributed by atoms with Gasteiger partial charge < -0.3 is 0 Å². The van der Waals surface area contributed by atoms with E-state index in [1.165, 1.54) is 6.33 Å². The van der Waals surface area contributed by atoms with Gasteiger partial charge in [-0.15, -0.1) is 5.10 Å². The maximum absolute atomic E-state index is 12.1. The number of nitrogens with one attached hydrogen (secondary N) is 1. The Labute approximate surface area is 146 Å². The molecule has 1 amide bonds. The fourth-order valence-electron chi connectivity index (χ4n) is 2.27. The van der Waals surface area contributed by atoms with Crippen LogP contribution in [0.4, 0.5) is 11.6 Å². The van der Waals surface area contributed by atoms with E-state index in [0.29, 0.717) is 6.54 Å². The molecule has 0 aliphatic carbocycles. The van der Waals surface area contributed by atoms with E-state index < -0.39 is 16.4 Å². The number of hydrogen-bond acceptors (Lipinski definition) is 6. The van der Waals surface area contributed by atoms with Crippen LogP contribution in [0.5, 0.6) is 0 Å². The van der Waals surface area contributed by atoms with Crippen molar-refractivity contribution in [1.82, 2.24) is 19.3 Å². The number of pyridine rings is 1. The van der Waals surface area contributed by atoms with E-state index in [1.54, 1.807) is 4.68 Å². The van der Waals surface area contributed by atoms with Gasteiger partial charge in [-0.25, -0.2) is 9.67 Å². The third-order valence-corrected chi connectivity index (χ3v) is 3.47. The van der Waals surface area contributed by atoms with Gasteiger partial charge in [0, 0.05) is 12.1 Å². The first-order chi connectivity index (χ1) is 12.5. The van der Waals surface area contributed by atoms with Crippen LogP contribution in [0.15, 0.2) is 59.8 Å². The first-order valence-corrected chi connectivity index (χ1v) is 7.59. The van der Waals surface area contributed by atoms with Gasteiger partial charge in [0.25, 0.3) is 11.2 Å². The number of anilines is 1. The predicted molar refractivity (Wildman–Crippen MR) is 91.6 cm³/mol. The average Bonchev–Trinajstić information content (AvgIpc) is 3.04. The van der Waals surface area contributed by atoms with Crippen LogP contribution in [-0.2, 0) is 17.9 Å². The van der Waals surface area contributed by atoms with Crippen molar-refractivity contribution in [3.8, 4) is 0 Å². The van der Waals surface area contributed by atoms with Crippen molar-refractivity contribution < 1.29 is 9.72 Å². The highest BCUT2D eigenvalue weighted by Crippen LogP contribution is 2.07. The highest BCUT2D eigenvalue weighted by molar-refractivity contribution is 5.88. The molecule has 1 aromatic carbocycles. The molecule has 10 nitrogen and oxygen atoms in total. The van der Waals surface area contributed by atoms with E-state index in [-0.39, 0.29) is 18.2 Å². The van der Waals surface area contributed by atoms with Crippen LogP contribution >= 0.6 is 0 Å². The maximum Gasteiger partial charge on any atom is 0.285 e. The predicted octanol–water partition coefficient (Wildman–Crippen LogP) is 1.03. The monoisotopic (exact) mass is 354 g/mol. The zero-order chi connectivity index (χ0) is 18.5. The second kappa shape index (κ2) is 7.38. The Balaban J connectivity index is 1.65. The summed E-state index contributed by atoms with van der Waals surface area (Å²) in [6, 6.07) is 11.7. The molecule has 0 fully saturated rings. The minimum absolute atomic E-state index is 0.0874. The minimum atomic E-state index is -0.638. The normalized spacial score (nSPS) is 10.5. The van der Waals surface area contributed by atoms with Crippen molar-refractivity contribution in [2.45, 2.75) is 13.1 Å². The van der Waals surface area contributed by atoms with E-state index in [9.17, 15) is 19.7 Å². The maximum atomic E-state index is 12.1. The van der Waals surface area contributed by atoms with Gasteiger partial charge in [0.2, 0.25) is 11.9 Å². The highest BCUT2D eigenvalue weighted by Gasteiger charge is 2.12. The van der Waals surface area contributed by atoms with Gasteiger partial charge in [-0.05, 0) is 5.56 Å². The van der Waals surface area contributed by atoms with E-state index in [0.717, 1.165) is 28.5 Å². The number of amides is 1. The van der Waals surface area contributed by atoms with Crippen molar-refractivity contribution in [2.75, 3.05) is 5.32 Å². The molecule has 0 atom stereocenters. The summed E-state index contributed by atoms with van der Waals surface area (Å²) >= 11 is 0. The summed E-state index contributed by atoms with van der Waals surface area (Å²) in [7, 11) is 0. The molecule has 0 unspecified atom stereocenters. The largest absolute Gasteiger partial charge is 0.299 e. The van der Waals surface area contributed by atoms with Crippen molar-refractivity contribution in [1.29, 1.82) is 0 Å². The molecule has 1 N–H and O–H groups in total. The first-order valence-electron chi connectivity index (χ1n) is 7.59. The molecule has 132 valence electrons. The minimum Gasteiger partial charge on any atom is -0.299 e. The lowest BCUT2D eigenvalue weighted by atomic mass is 10.2. The molecule has 0 aliphatic rings. The van der Waals surface area contributed by atoms with Crippen LogP contribution in [-0.4, -0.2) is 30.2 Å². The zero-order valence-corrected chi connectivity index (χ0v) is 13.5. The molecule has 0 aliphatic heterocycles. The van der Waals surface area contributed by atoms with Crippen molar-refractivity contribution in [3.05, 3.63) is 81.0 Å². The van der Waals surface area contributed by atoms with Gasteiger partial charge in [0.15, 0.2) is 0 Å². The second-order valence-corrected chi connectivity index (χ2v) is 5.41. The quantitative estimate of drug-likeness (QED) is 0.521. The smallest absolute Gasteiger partial charge is 0.285 e. The summed E-state index contributed by atoms with van der Waals surface area (Å²) in [5, 5.41) is 17.4. The Morgan fingerprint density at radius 3 is 2.69 bits per heavy atom. The van der Waals surface area contributed by atoms with Crippen LogP contribution in [0.1, 0.15) is 5.56 Å². The van der Waals surface area contributed by atoms with Crippen molar-refractivity contribution >= 4 is 17.5 Å². The Bertz CT molecular complexity index is 995. The van der Waals surface area contributed by atoms with Crippen molar-refractivity contribution in [2.24, 2.45) is 0 Å². The van der Waals surface area contributed by atoms with Crippen LogP contribution in [0, 0.1) is 10.1 Å². The first kappa shape index (κ1) is 17.0. The molecule has 0 saturated heterocycles. The average molecular weight is 354 g/mol. The van der Waals surface area contributed by atoms with E-state index in [2.05, 4.69) is 15.4 Å². The van der Waals surface area contributed by atoms with E-state index in [4.69, 9.17) is 0 Å². The summed E-state index contributed by atoms with van der Waals surface area (Å²) in [5.41, 5.74) is 0.231. The number of nitrogens with zero attached hydrogens (tertiary/aromatic N) is 5. The van der Waals surface area contributed by atoms with Gasteiger partial charge >= 0.3 is 0 Å². The Morgan fingerprint density at radius 2 is 1.96 bits per heavy atom. The molecule has 3 rings (SSSR count). The Hall–Kier alpha value is -3.82. The Morgan fingerprint density at radius 1 is 1.19 bits per heavy atom. The molecule has 0 spiro atoms. The van der Waals surface area contributed by atoms with Gasteiger partial charge in [0.05, 0.1) is 17.7 Å². The van der Waals surface area contributed by atoms with Gasteiger partial charge in [0.1, 0.15) is 12.9 Å². The lowest BCUT2D eigenvalue weighted by Crippen LogP contribution is -2.27. The molecule has 0 bridgehead atoms. The fraction of sp³-hybridized carbons (Fsp3) is 0.125. The number of rotatable bonds is 6. The van der Waals surface area contributed by atoms with Gasteiger partial charge in [-0.3, -0.25) is 29.6 Å². The standard InChI is InChI=1S/C16H14N6O4/c23-14(10-20-9-13(22(25)26)6-7-15(20)24)18-16-17-11-21(19-16)8-12-4-2-1-3-5-12/h1-7,9,11H,8,10H2,(H,18,19,23). The zero-order valence-electron chi connectivity index (χ0n) is 13.5. The number of hydrogen-bond donors (Lipinski definition) is 1. The number of aromatic nitrogens is 4. The third kappa shape index (κ3) is 4.17. The van der Waals surface area contributed by atoms with Gasteiger partial charge in [-0.1, -0.05) is 30.3 Å². The fourth-order valence-corrected chi connectivity index (χ4v) is 2.27. The molecule has 2 heterocycles. The number of benzene rings is 1. The SMILES string of the molecule is O=C(Cn1cc([N+](=O)[O-])ccc1=O)Nc1ncn(Cc2ccccc2)n1. The van der Waals surface area contributed by atoms with E-state index in [1.807, 2.05) is 30.3 Å². The van der Waals surface area contributed by atoms with Gasteiger partial charge in [-0.2, -0.15) is 0 Å². The molecular formula is C16H14N6O4. The van der Waals surface area contributed by atoms with Crippen LogP contribution in [0.25, 0.3) is 0 Å². The number of nitro groups is 1. The topological polar surface area (TPSA) is 125 Å². The summed E-state index contributed by atoms with van der Waals surface area (Å²) in [5.74, 6) is -0.477. The summed E-state index contributed by atoms with van der Waals surface area (Å²) in [4.78, 5) is 37.9. The lowest BCUT2D eigenvalue weighted by Gasteiger charge is -2.04. The molecule has 10 heteroatoms. The van der Waals surface area contributed by atoms with Crippen LogP contribution in [0.3, 0.4) is 0 Å². The molecule has 0 saturated carbocycles. The summed E-state index contributed by atoms with van der Waals surface area (Å²) < 4.78 is 2.51. The Kier molecular flexibility index (Phi) is 4.83. The molecule has 3 aromatic rings. The molecule has 0 radical (unpaired) electrons. The molecular weight excluding hydrogens is 340 g/mol. The summed E-state index contributed by atoms with van der Waals surface area (Å²) in [6.45, 7) is 0.113. The highest BCUT2D eigenvalue weighted by atomic mass is 16.6. The number of carbonyl (C=O) groups excluding carboxylic acids is 1. The second-order valence-electron chi connectivity index (χ2n) is 5.41. The third-order valence-electron chi connectivity index (χ3n) is 3.47. The molecule has 2 aromatic heterocycles. The molecule has 26 heavy (non-hydrogen) atoms. The lowest BCUT2D eigenvalue weighted by molar-refractivity contribution is -0.385. The van der Waals surface area contributed by atoms with Crippen LogP contribution in [0.2, 0.25) is 0 Å².